The highest BCUT2D eigenvalue weighted by atomic mass is 16.5. The molecule has 2 heterocycles. The highest BCUT2D eigenvalue weighted by molar-refractivity contribution is 5.93. The maximum Gasteiger partial charge on any atom is 0.270 e. The third-order valence-corrected chi connectivity index (χ3v) is 2.92. The lowest BCUT2D eigenvalue weighted by Crippen LogP contribution is -2.46. The number of anilines is 1. The van der Waals surface area contributed by atoms with Crippen LogP contribution in [0.25, 0.3) is 0 Å². The second-order valence-corrected chi connectivity index (χ2v) is 4.50. The highest BCUT2D eigenvalue weighted by Gasteiger charge is 2.31. The van der Waals surface area contributed by atoms with Gasteiger partial charge in [0.25, 0.3) is 5.91 Å². The fraction of sp³-hybridized carbons (Fsp3) is 0.500. The van der Waals surface area contributed by atoms with Crippen LogP contribution in [0.4, 0.5) is 5.69 Å². The van der Waals surface area contributed by atoms with Crippen molar-refractivity contribution in [3.63, 3.8) is 0 Å². The van der Waals surface area contributed by atoms with Gasteiger partial charge in [-0.2, -0.15) is 0 Å². The molecule has 17 heavy (non-hydrogen) atoms. The Morgan fingerprint density at radius 3 is 2.88 bits per heavy atom. The lowest BCUT2D eigenvalue weighted by molar-refractivity contribution is 0.0885. The summed E-state index contributed by atoms with van der Waals surface area (Å²) in [6.07, 6.45) is 2.48. The average Bonchev–Trinajstić information content (AvgIpc) is 2.76. The molecule has 1 aromatic heterocycles. The number of nitrogens with zero attached hydrogens (tertiary/aromatic N) is 1. The van der Waals surface area contributed by atoms with Crippen molar-refractivity contribution < 1.29 is 9.53 Å². The summed E-state index contributed by atoms with van der Waals surface area (Å²) in [6, 6.07) is 3.54. The largest absolute Gasteiger partial charge is 0.387 e. The number of rotatable bonds is 3. The van der Waals surface area contributed by atoms with E-state index in [1.165, 1.54) is 0 Å². The van der Waals surface area contributed by atoms with E-state index in [-0.39, 0.29) is 11.4 Å². The van der Waals surface area contributed by atoms with E-state index in [1.807, 2.05) is 20.0 Å². The zero-order valence-corrected chi connectivity index (χ0v) is 10.1. The van der Waals surface area contributed by atoms with Gasteiger partial charge in [0.1, 0.15) is 5.69 Å². The summed E-state index contributed by atoms with van der Waals surface area (Å²) in [6.45, 7) is 3.25. The number of ether oxygens (including phenoxy) is 1. The molecule has 1 aliphatic rings. The molecule has 0 aromatic carbocycles. The molecule has 5 heteroatoms. The summed E-state index contributed by atoms with van der Waals surface area (Å²) in [5.41, 5.74) is 1.05. The van der Waals surface area contributed by atoms with Gasteiger partial charge >= 0.3 is 0 Å². The monoisotopic (exact) mass is 235 g/mol. The van der Waals surface area contributed by atoms with Crippen molar-refractivity contribution in [2.45, 2.75) is 18.9 Å². The van der Waals surface area contributed by atoms with Gasteiger partial charge in [-0.1, -0.05) is 0 Å². The van der Waals surface area contributed by atoms with Gasteiger partial charge < -0.3 is 15.4 Å². The Morgan fingerprint density at radius 2 is 2.35 bits per heavy atom. The number of carbonyl (C=O) groups excluding carboxylic acids is 1. The molecule has 0 aliphatic carbocycles. The smallest absolute Gasteiger partial charge is 0.270 e. The number of hydrogen-bond donors (Lipinski definition) is 2. The molecule has 1 unspecified atom stereocenters. The van der Waals surface area contributed by atoms with Crippen LogP contribution in [0, 0.1) is 0 Å². The number of carbonyl (C=O) groups is 1. The topological polar surface area (TPSA) is 63.2 Å². The van der Waals surface area contributed by atoms with Crippen molar-refractivity contribution in [3.05, 3.63) is 24.0 Å². The van der Waals surface area contributed by atoms with E-state index in [1.54, 1.807) is 12.3 Å². The first-order valence-corrected chi connectivity index (χ1v) is 5.67. The summed E-state index contributed by atoms with van der Waals surface area (Å²) in [5.74, 6) is -0.152. The Kier molecular flexibility index (Phi) is 3.28. The van der Waals surface area contributed by atoms with E-state index in [0.717, 1.165) is 12.1 Å². The first-order valence-electron chi connectivity index (χ1n) is 5.67. The normalized spacial score (nSPS) is 23.4. The number of nitrogens with one attached hydrogen (secondary N) is 2. The van der Waals surface area contributed by atoms with Gasteiger partial charge in [-0.05, 0) is 25.5 Å². The Labute approximate surface area is 101 Å². The van der Waals surface area contributed by atoms with E-state index in [9.17, 15) is 4.79 Å². The predicted molar refractivity (Wildman–Crippen MR) is 65.1 cm³/mol. The van der Waals surface area contributed by atoms with Crippen LogP contribution in [0.3, 0.4) is 0 Å². The molecule has 2 rings (SSSR count). The van der Waals surface area contributed by atoms with Crippen molar-refractivity contribution in [2.24, 2.45) is 0 Å². The van der Waals surface area contributed by atoms with Crippen LogP contribution in [0.1, 0.15) is 23.8 Å². The van der Waals surface area contributed by atoms with E-state index in [4.69, 9.17) is 4.74 Å². The molecule has 1 atom stereocenters. The van der Waals surface area contributed by atoms with Crippen LogP contribution in [0.2, 0.25) is 0 Å². The zero-order valence-electron chi connectivity index (χ0n) is 10.1. The SMILES string of the molecule is CNc1ccc(C(=O)NC2(C)CCOC2)nc1. The first kappa shape index (κ1) is 11.9. The Morgan fingerprint density at radius 1 is 1.53 bits per heavy atom. The number of amides is 1. The molecule has 1 aliphatic heterocycles. The Balaban J connectivity index is 2.03. The number of aromatic nitrogens is 1. The zero-order chi connectivity index (χ0) is 12.3. The third kappa shape index (κ3) is 2.74. The molecule has 1 fully saturated rings. The molecule has 0 spiro atoms. The van der Waals surface area contributed by atoms with Crippen LogP contribution in [-0.4, -0.2) is 36.7 Å². The van der Waals surface area contributed by atoms with E-state index in [2.05, 4.69) is 15.6 Å². The summed E-state index contributed by atoms with van der Waals surface area (Å²) < 4.78 is 5.29. The molecular formula is C12H17N3O2. The van der Waals surface area contributed by atoms with E-state index < -0.39 is 0 Å². The molecule has 2 N–H and O–H groups in total. The maximum absolute atomic E-state index is 12.0. The van der Waals surface area contributed by atoms with Crippen molar-refractivity contribution in [2.75, 3.05) is 25.6 Å². The van der Waals surface area contributed by atoms with E-state index >= 15 is 0 Å². The fourth-order valence-corrected chi connectivity index (χ4v) is 1.78. The predicted octanol–water partition coefficient (Wildman–Crippen LogP) is 1.03. The van der Waals surface area contributed by atoms with Crippen LogP contribution < -0.4 is 10.6 Å². The van der Waals surface area contributed by atoms with Crippen molar-refractivity contribution in [1.82, 2.24) is 10.3 Å². The lowest BCUT2D eigenvalue weighted by Gasteiger charge is -2.23. The van der Waals surface area contributed by atoms with Gasteiger partial charge in [0.15, 0.2) is 0 Å². The molecule has 1 aromatic rings. The number of pyridine rings is 1. The van der Waals surface area contributed by atoms with Gasteiger partial charge in [-0.25, -0.2) is 4.98 Å². The molecule has 1 saturated heterocycles. The summed E-state index contributed by atoms with van der Waals surface area (Å²) >= 11 is 0. The van der Waals surface area contributed by atoms with Crippen LogP contribution in [0.15, 0.2) is 18.3 Å². The third-order valence-electron chi connectivity index (χ3n) is 2.92. The molecule has 0 bridgehead atoms. The molecule has 5 nitrogen and oxygen atoms in total. The quantitative estimate of drug-likeness (QED) is 0.821. The molecule has 1 amide bonds. The van der Waals surface area contributed by atoms with Gasteiger partial charge in [0, 0.05) is 13.7 Å². The second-order valence-electron chi connectivity index (χ2n) is 4.50. The standard InChI is InChI=1S/C12H17N3O2/c1-12(5-6-17-8-12)15-11(16)10-4-3-9(13-2)7-14-10/h3-4,7,13H,5-6,8H2,1-2H3,(H,15,16). The van der Waals surface area contributed by atoms with Crippen LogP contribution >= 0.6 is 0 Å². The first-order chi connectivity index (χ1) is 8.13. The van der Waals surface area contributed by atoms with Gasteiger partial charge in [-0.15, -0.1) is 0 Å². The minimum absolute atomic E-state index is 0.152. The average molecular weight is 235 g/mol. The summed E-state index contributed by atoms with van der Waals surface area (Å²) in [4.78, 5) is 16.1. The minimum Gasteiger partial charge on any atom is -0.387 e. The summed E-state index contributed by atoms with van der Waals surface area (Å²) in [7, 11) is 1.81. The molecule has 0 radical (unpaired) electrons. The van der Waals surface area contributed by atoms with Crippen LogP contribution in [0.5, 0.6) is 0 Å². The summed E-state index contributed by atoms with van der Waals surface area (Å²) in [5, 5.41) is 5.92. The molecule has 0 saturated carbocycles. The van der Waals surface area contributed by atoms with Gasteiger partial charge in [-0.3, -0.25) is 4.79 Å². The highest BCUT2D eigenvalue weighted by Crippen LogP contribution is 2.18. The lowest BCUT2D eigenvalue weighted by atomic mass is 10.0. The second kappa shape index (κ2) is 4.71. The molecule has 92 valence electrons. The Bertz CT molecular complexity index is 397. The minimum atomic E-state index is -0.263. The van der Waals surface area contributed by atoms with Crippen LogP contribution in [-0.2, 0) is 4.74 Å². The molecular weight excluding hydrogens is 218 g/mol. The van der Waals surface area contributed by atoms with Crippen molar-refractivity contribution in [1.29, 1.82) is 0 Å². The maximum atomic E-state index is 12.0. The van der Waals surface area contributed by atoms with Gasteiger partial charge in [0.2, 0.25) is 0 Å². The fourth-order valence-electron chi connectivity index (χ4n) is 1.78. The van der Waals surface area contributed by atoms with Crippen molar-refractivity contribution in [3.8, 4) is 0 Å². The van der Waals surface area contributed by atoms with Gasteiger partial charge in [0.05, 0.1) is 24.0 Å². The number of hydrogen-bond acceptors (Lipinski definition) is 4. The van der Waals surface area contributed by atoms with Crippen molar-refractivity contribution >= 4 is 11.6 Å². The van der Waals surface area contributed by atoms with E-state index in [0.29, 0.717) is 18.9 Å². The Hall–Kier alpha value is -1.62.